The van der Waals surface area contributed by atoms with Crippen LogP contribution in [0.1, 0.15) is 22.6 Å². The molecule has 4 nitrogen and oxygen atoms in total. The fraction of sp³-hybridized carbons (Fsp3) is 0.692. The molecule has 2 fully saturated rings. The lowest BCUT2D eigenvalue weighted by molar-refractivity contribution is 0.338. The van der Waals surface area contributed by atoms with Crippen LogP contribution in [0.3, 0.4) is 0 Å². The topological polar surface area (TPSA) is 49.4 Å². The molecule has 3 rings (SSSR count). The van der Waals surface area contributed by atoms with Crippen molar-refractivity contribution in [3.8, 4) is 0 Å². The summed E-state index contributed by atoms with van der Waals surface area (Å²) in [6, 6.07) is 1.81. The van der Waals surface area contributed by atoms with Gasteiger partial charge in [-0.1, -0.05) is 0 Å². The Morgan fingerprint density at radius 3 is 2.65 bits per heavy atom. The van der Waals surface area contributed by atoms with E-state index in [1.165, 1.54) is 0 Å². The van der Waals surface area contributed by atoms with E-state index < -0.39 is 10.0 Å². The first-order valence-electron chi connectivity index (χ1n) is 6.71. The molecule has 1 N–H and O–H groups in total. The quantitative estimate of drug-likeness (QED) is 0.900. The lowest BCUT2D eigenvalue weighted by atomic mass is 9.87. The van der Waals surface area contributed by atoms with Crippen LogP contribution < -0.4 is 5.32 Å². The van der Waals surface area contributed by atoms with Crippen LogP contribution >= 0.6 is 23.7 Å². The highest BCUT2D eigenvalue weighted by molar-refractivity contribution is 7.89. The third-order valence-corrected chi connectivity index (χ3v) is 7.42. The molecule has 1 unspecified atom stereocenters. The second kappa shape index (κ2) is 5.57. The molecule has 0 radical (unpaired) electrons. The monoisotopic (exact) mass is 336 g/mol. The molecule has 0 bridgehead atoms. The van der Waals surface area contributed by atoms with Gasteiger partial charge in [0.25, 0.3) is 0 Å². The molecule has 3 heterocycles. The average Bonchev–Trinajstić information content (AvgIpc) is 3.03. The Hall–Kier alpha value is -0.140. The summed E-state index contributed by atoms with van der Waals surface area (Å²) in [5.74, 6) is 0. The summed E-state index contributed by atoms with van der Waals surface area (Å²) >= 11 is 1.56. The van der Waals surface area contributed by atoms with Gasteiger partial charge in [0.05, 0.1) is 4.90 Å². The molecule has 114 valence electrons. The third kappa shape index (κ3) is 2.64. The normalized spacial score (nSPS) is 27.1. The Labute approximate surface area is 131 Å². The van der Waals surface area contributed by atoms with Crippen molar-refractivity contribution in [2.45, 2.75) is 31.6 Å². The third-order valence-electron chi connectivity index (χ3n) is 4.35. The van der Waals surface area contributed by atoms with Crippen molar-refractivity contribution in [1.82, 2.24) is 9.62 Å². The lowest BCUT2D eigenvalue weighted by Gasteiger charge is -2.22. The Bertz CT molecular complexity index is 592. The standard InChI is InChI=1S/C13H20N2O2S2.ClH/c1-10-7-12(11(2)18-10)19(16,17)15-6-4-13(9-15)3-5-14-8-13;/h7,14H,3-6,8-9H2,1-2H3;1H. The molecule has 0 saturated carbocycles. The highest BCUT2D eigenvalue weighted by Gasteiger charge is 2.44. The number of sulfonamides is 1. The Morgan fingerprint density at radius 1 is 1.35 bits per heavy atom. The van der Waals surface area contributed by atoms with E-state index in [-0.39, 0.29) is 17.8 Å². The number of hydrogen-bond acceptors (Lipinski definition) is 4. The maximum atomic E-state index is 12.7. The molecule has 0 aromatic carbocycles. The van der Waals surface area contributed by atoms with Crippen LogP contribution in [0.2, 0.25) is 0 Å². The van der Waals surface area contributed by atoms with Crippen LogP contribution in [-0.4, -0.2) is 38.9 Å². The summed E-state index contributed by atoms with van der Waals surface area (Å²) in [5.41, 5.74) is 0.187. The molecule has 1 aromatic rings. The van der Waals surface area contributed by atoms with Gasteiger partial charge in [0, 0.05) is 29.4 Å². The number of hydrogen-bond donors (Lipinski definition) is 1. The fourth-order valence-corrected chi connectivity index (χ4v) is 6.32. The van der Waals surface area contributed by atoms with E-state index in [2.05, 4.69) is 5.32 Å². The number of halogens is 1. The van der Waals surface area contributed by atoms with Crippen molar-refractivity contribution >= 4 is 33.8 Å². The zero-order valence-electron chi connectivity index (χ0n) is 11.8. The molecule has 2 saturated heterocycles. The summed E-state index contributed by atoms with van der Waals surface area (Å²) in [4.78, 5) is 2.48. The van der Waals surface area contributed by atoms with Crippen molar-refractivity contribution in [3.05, 3.63) is 15.8 Å². The van der Waals surface area contributed by atoms with Crippen LogP contribution in [0, 0.1) is 19.3 Å². The van der Waals surface area contributed by atoms with Crippen molar-refractivity contribution in [2.24, 2.45) is 5.41 Å². The number of nitrogens with one attached hydrogen (secondary N) is 1. The zero-order valence-corrected chi connectivity index (χ0v) is 14.3. The first-order valence-corrected chi connectivity index (χ1v) is 8.97. The fourth-order valence-electron chi connectivity index (χ4n) is 3.25. The van der Waals surface area contributed by atoms with Gasteiger partial charge in [0.2, 0.25) is 10.0 Å². The summed E-state index contributed by atoms with van der Waals surface area (Å²) < 4.78 is 27.1. The molecule has 1 aromatic heterocycles. The van der Waals surface area contributed by atoms with Crippen LogP contribution in [0.5, 0.6) is 0 Å². The molecular weight excluding hydrogens is 316 g/mol. The zero-order chi connectivity index (χ0) is 13.7. The van der Waals surface area contributed by atoms with Crippen LogP contribution in [0.4, 0.5) is 0 Å². The van der Waals surface area contributed by atoms with Gasteiger partial charge in [-0.15, -0.1) is 23.7 Å². The van der Waals surface area contributed by atoms with Crippen molar-refractivity contribution in [3.63, 3.8) is 0 Å². The van der Waals surface area contributed by atoms with Gasteiger partial charge < -0.3 is 5.32 Å². The van der Waals surface area contributed by atoms with Gasteiger partial charge in [0.1, 0.15) is 0 Å². The number of aryl methyl sites for hydroxylation is 2. The molecule has 2 aliphatic heterocycles. The molecule has 1 atom stereocenters. The Kier molecular flexibility index (Phi) is 4.52. The van der Waals surface area contributed by atoms with Gasteiger partial charge in [-0.2, -0.15) is 4.31 Å². The molecule has 7 heteroatoms. The SMILES string of the molecule is Cc1cc(S(=O)(=O)N2CCC3(CCNC3)C2)c(C)s1.Cl. The van der Waals surface area contributed by atoms with E-state index in [0.29, 0.717) is 18.0 Å². The van der Waals surface area contributed by atoms with E-state index >= 15 is 0 Å². The van der Waals surface area contributed by atoms with Crippen LogP contribution in [-0.2, 0) is 10.0 Å². The highest BCUT2D eigenvalue weighted by atomic mass is 35.5. The maximum absolute atomic E-state index is 12.7. The second-order valence-corrected chi connectivity index (χ2v) is 9.16. The van der Waals surface area contributed by atoms with Crippen molar-refractivity contribution < 1.29 is 8.42 Å². The Morgan fingerprint density at radius 2 is 2.10 bits per heavy atom. The van der Waals surface area contributed by atoms with Crippen molar-refractivity contribution in [2.75, 3.05) is 26.2 Å². The summed E-state index contributed by atoms with van der Waals surface area (Å²) in [6.45, 7) is 7.18. The lowest BCUT2D eigenvalue weighted by Crippen LogP contribution is -2.33. The van der Waals surface area contributed by atoms with Gasteiger partial charge in [-0.25, -0.2) is 8.42 Å². The van der Waals surface area contributed by atoms with Gasteiger partial charge in [-0.3, -0.25) is 0 Å². The average molecular weight is 337 g/mol. The largest absolute Gasteiger partial charge is 0.316 e. The van der Waals surface area contributed by atoms with Crippen LogP contribution in [0.15, 0.2) is 11.0 Å². The minimum absolute atomic E-state index is 0. The highest BCUT2D eigenvalue weighted by Crippen LogP contribution is 2.39. The minimum atomic E-state index is -3.30. The van der Waals surface area contributed by atoms with Gasteiger partial charge >= 0.3 is 0 Å². The van der Waals surface area contributed by atoms with E-state index in [9.17, 15) is 8.42 Å². The maximum Gasteiger partial charge on any atom is 0.244 e. The van der Waals surface area contributed by atoms with Crippen molar-refractivity contribution in [1.29, 1.82) is 0 Å². The molecule has 0 aliphatic carbocycles. The van der Waals surface area contributed by atoms with E-state index in [0.717, 1.165) is 35.7 Å². The second-order valence-electron chi connectivity index (χ2n) is 5.79. The predicted molar refractivity (Wildman–Crippen MR) is 84.3 cm³/mol. The summed E-state index contributed by atoms with van der Waals surface area (Å²) in [5, 5.41) is 3.36. The van der Waals surface area contributed by atoms with Gasteiger partial charge in [-0.05, 0) is 44.7 Å². The molecule has 0 amide bonds. The van der Waals surface area contributed by atoms with E-state index in [4.69, 9.17) is 0 Å². The first kappa shape index (κ1) is 16.2. The van der Waals surface area contributed by atoms with E-state index in [1.807, 2.05) is 19.9 Å². The smallest absolute Gasteiger partial charge is 0.244 e. The molecule has 1 spiro atoms. The van der Waals surface area contributed by atoms with E-state index in [1.54, 1.807) is 15.6 Å². The first-order chi connectivity index (χ1) is 8.93. The number of rotatable bonds is 2. The van der Waals surface area contributed by atoms with Gasteiger partial charge in [0.15, 0.2) is 0 Å². The molecule has 2 aliphatic rings. The van der Waals surface area contributed by atoms with Crippen LogP contribution in [0.25, 0.3) is 0 Å². The molecule has 20 heavy (non-hydrogen) atoms. The number of thiophene rings is 1. The minimum Gasteiger partial charge on any atom is -0.316 e. The summed E-state index contributed by atoms with van der Waals surface area (Å²) in [6.07, 6.45) is 2.09. The Balaban J connectivity index is 0.00000147. The number of nitrogens with zero attached hydrogens (tertiary/aromatic N) is 1. The molecular formula is C13H21ClN2O2S2. The predicted octanol–water partition coefficient (Wildman–Crippen LogP) is 2.16. The summed E-state index contributed by atoms with van der Waals surface area (Å²) in [7, 11) is -3.30.